The number of carbonyl (C=O) groups excluding carboxylic acids is 1. The fraction of sp³-hybridized carbons (Fsp3) is 0. The summed E-state index contributed by atoms with van der Waals surface area (Å²) in [5.41, 5.74) is 16.7. The Bertz CT molecular complexity index is 750. The van der Waals surface area contributed by atoms with Gasteiger partial charge in [-0.05, 0) is 18.2 Å². The number of hydrogen-bond acceptors (Lipinski definition) is 7. The SMILES string of the molecule is N#Cc1c(N)nc(N)nc1-c1ccc(O)c(C(N)=O)c1. The lowest BCUT2D eigenvalue weighted by atomic mass is 10.0. The highest BCUT2D eigenvalue weighted by atomic mass is 16.3. The highest BCUT2D eigenvalue weighted by Gasteiger charge is 2.16. The Labute approximate surface area is 113 Å². The summed E-state index contributed by atoms with van der Waals surface area (Å²) in [6.07, 6.45) is 0. The van der Waals surface area contributed by atoms with Crippen LogP contribution in [-0.2, 0) is 0 Å². The number of aromatic hydroxyl groups is 1. The molecule has 1 amide bonds. The van der Waals surface area contributed by atoms with Crippen LogP contribution in [0.1, 0.15) is 15.9 Å². The van der Waals surface area contributed by atoms with Crippen molar-refractivity contribution in [3.8, 4) is 23.1 Å². The molecule has 8 nitrogen and oxygen atoms in total. The van der Waals surface area contributed by atoms with E-state index in [1.54, 1.807) is 0 Å². The minimum absolute atomic E-state index is 0.0281. The first-order valence-corrected chi connectivity index (χ1v) is 5.40. The average Bonchev–Trinajstić information content (AvgIpc) is 2.38. The van der Waals surface area contributed by atoms with E-state index in [1.807, 2.05) is 6.07 Å². The van der Waals surface area contributed by atoms with Crippen LogP contribution < -0.4 is 17.2 Å². The smallest absolute Gasteiger partial charge is 0.252 e. The summed E-state index contributed by atoms with van der Waals surface area (Å²) in [5.74, 6) is -1.25. The molecular formula is C12H10N6O2. The fourth-order valence-corrected chi connectivity index (χ4v) is 1.70. The molecule has 0 spiro atoms. The second-order valence-corrected chi connectivity index (χ2v) is 3.90. The number of nitrogens with two attached hydrogens (primary N) is 3. The van der Waals surface area contributed by atoms with Gasteiger partial charge in [-0.1, -0.05) is 0 Å². The Kier molecular flexibility index (Phi) is 3.10. The van der Waals surface area contributed by atoms with Crippen molar-refractivity contribution in [3.05, 3.63) is 29.3 Å². The number of aromatic nitrogens is 2. The standard InChI is InChI=1S/C12H10N6O2/c13-4-7-9(17-12(16)18-10(7)14)5-1-2-8(19)6(3-5)11(15)20/h1-3,19H,(H2,15,20)(H4,14,16,17,18). The molecule has 1 heterocycles. The van der Waals surface area contributed by atoms with Gasteiger partial charge in [-0.15, -0.1) is 0 Å². The number of anilines is 2. The Balaban J connectivity index is 2.72. The van der Waals surface area contributed by atoms with Crippen LogP contribution >= 0.6 is 0 Å². The molecule has 0 saturated heterocycles. The van der Waals surface area contributed by atoms with Crippen LogP contribution in [0.2, 0.25) is 0 Å². The van der Waals surface area contributed by atoms with E-state index in [9.17, 15) is 9.90 Å². The van der Waals surface area contributed by atoms with Crippen molar-refractivity contribution in [2.75, 3.05) is 11.5 Å². The maximum absolute atomic E-state index is 11.2. The molecule has 100 valence electrons. The summed E-state index contributed by atoms with van der Waals surface area (Å²) in [6, 6.07) is 5.90. The van der Waals surface area contributed by atoms with Crippen LogP contribution in [0, 0.1) is 11.3 Å². The third-order valence-corrected chi connectivity index (χ3v) is 2.60. The predicted octanol–water partition coefficient (Wildman–Crippen LogP) is -0.0158. The highest BCUT2D eigenvalue weighted by molar-refractivity contribution is 5.97. The minimum Gasteiger partial charge on any atom is -0.507 e. The summed E-state index contributed by atoms with van der Waals surface area (Å²) in [7, 11) is 0. The van der Waals surface area contributed by atoms with E-state index >= 15 is 0 Å². The first kappa shape index (κ1) is 13.1. The van der Waals surface area contributed by atoms with E-state index in [0.717, 1.165) is 0 Å². The zero-order chi connectivity index (χ0) is 14.9. The van der Waals surface area contributed by atoms with Gasteiger partial charge in [-0.25, -0.2) is 4.98 Å². The van der Waals surface area contributed by atoms with Crippen LogP contribution in [-0.4, -0.2) is 21.0 Å². The molecule has 2 rings (SSSR count). The molecule has 1 aromatic heterocycles. The zero-order valence-electron chi connectivity index (χ0n) is 10.2. The van der Waals surface area contributed by atoms with Gasteiger partial charge in [0.15, 0.2) is 0 Å². The Hall–Kier alpha value is -3.34. The number of phenols is 1. The van der Waals surface area contributed by atoms with E-state index in [0.29, 0.717) is 5.56 Å². The number of primary amides is 1. The summed E-state index contributed by atoms with van der Waals surface area (Å²) >= 11 is 0. The monoisotopic (exact) mass is 270 g/mol. The van der Waals surface area contributed by atoms with Crippen molar-refractivity contribution in [2.45, 2.75) is 0 Å². The number of amides is 1. The van der Waals surface area contributed by atoms with Crippen molar-refractivity contribution in [3.63, 3.8) is 0 Å². The van der Waals surface area contributed by atoms with E-state index in [2.05, 4.69) is 9.97 Å². The van der Waals surface area contributed by atoms with Crippen molar-refractivity contribution in [1.82, 2.24) is 9.97 Å². The van der Waals surface area contributed by atoms with Gasteiger partial charge in [0.2, 0.25) is 5.95 Å². The Morgan fingerprint density at radius 3 is 2.60 bits per heavy atom. The molecule has 0 unspecified atom stereocenters. The minimum atomic E-state index is -0.808. The largest absolute Gasteiger partial charge is 0.507 e. The van der Waals surface area contributed by atoms with Gasteiger partial charge < -0.3 is 22.3 Å². The molecule has 7 N–H and O–H groups in total. The molecule has 0 saturated carbocycles. The average molecular weight is 270 g/mol. The third kappa shape index (κ3) is 2.15. The van der Waals surface area contributed by atoms with Gasteiger partial charge in [-0.2, -0.15) is 10.2 Å². The predicted molar refractivity (Wildman–Crippen MR) is 71.2 cm³/mol. The molecule has 0 radical (unpaired) electrons. The topological polar surface area (TPSA) is 165 Å². The number of nitrogen functional groups attached to an aromatic ring is 2. The van der Waals surface area contributed by atoms with Crippen LogP contribution in [0.3, 0.4) is 0 Å². The van der Waals surface area contributed by atoms with Crippen LogP contribution in [0.15, 0.2) is 18.2 Å². The summed E-state index contributed by atoms with van der Waals surface area (Å²) < 4.78 is 0. The normalized spacial score (nSPS) is 9.95. The van der Waals surface area contributed by atoms with Gasteiger partial charge >= 0.3 is 0 Å². The van der Waals surface area contributed by atoms with Crippen LogP contribution in [0.4, 0.5) is 11.8 Å². The van der Waals surface area contributed by atoms with Gasteiger partial charge in [-0.3, -0.25) is 4.79 Å². The molecule has 2 aromatic rings. The summed E-state index contributed by atoms with van der Waals surface area (Å²) in [4.78, 5) is 18.8. The second kappa shape index (κ2) is 4.74. The Morgan fingerprint density at radius 1 is 1.30 bits per heavy atom. The first-order valence-electron chi connectivity index (χ1n) is 5.40. The van der Waals surface area contributed by atoms with Gasteiger partial charge in [0.1, 0.15) is 23.2 Å². The lowest BCUT2D eigenvalue weighted by Crippen LogP contribution is -2.11. The van der Waals surface area contributed by atoms with Crippen molar-refractivity contribution in [2.24, 2.45) is 5.73 Å². The number of benzene rings is 1. The van der Waals surface area contributed by atoms with Gasteiger partial charge in [0.25, 0.3) is 5.91 Å². The maximum atomic E-state index is 11.2. The van der Waals surface area contributed by atoms with Crippen LogP contribution in [0.25, 0.3) is 11.3 Å². The Morgan fingerprint density at radius 2 is 2.00 bits per heavy atom. The number of carbonyl (C=O) groups is 1. The lowest BCUT2D eigenvalue weighted by Gasteiger charge is -2.08. The van der Waals surface area contributed by atoms with Crippen molar-refractivity contribution >= 4 is 17.7 Å². The molecule has 0 atom stereocenters. The molecular weight excluding hydrogens is 260 g/mol. The molecule has 20 heavy (non-hydrogen) atoms. The zero-order valence-corrected chi connectivity index (χ0v) is 10.2. The van der Waals surface area contributed by atoms with Crippen LogP contribution in [0.5, 0.6) is 5.75 Å². The maximum Gasteiger partial charge on any atom is 0.252 e. The van der Waals surface area contributed by atoms with Gasteiger partial charge in [0, 0.05) is 5.56 Å². The van der Waals surface area contributed by atoms with Crippen molar-refractivity contribution < 1.29 is 9.90 Å². The quantitative estimate of drug-likeness (QED) is 0.595. The molecule has 0 fully saturated rings. The fourth-order valence-electron chi connectivity index (χ4n) is 1.70. The van der Waals surface area contributed by atoms with E-state index < -0.39 is 5.91 Å². The third-order valence-electron chi connectivity index (χ3n) is 2.60. The van der Waals surface area contributed by atoms with E-state index in [-0.39, 0.29) is 34.3 Å². The molecule has 0 aliphatic heterocycles. The second-order valence-electron chi connectivity index (χ2n) is 3.90. The first-order chi connectivity index (χ1) is 9.43. The number of hydrogen-bond donors (Lipinski definition) is 4. The number of rotatable bonds is 2. The molecule has 0 bridgehead atoms. The number of nitrogens with zero attached hydrogens (tertiary/aromatic N) is 3. The highest BCUT2D eigenvalue weighted by Crippen LogP contribution is 2.28. The molecule has 0 aliphatic rings. The lowest BCUT2D eigenvalue weighted by molar-refractivity contribution is 0.0998. The summed E-state index contributed by atoms with van der Waals surface area (Å²) in [5, 5.41) is 18.6. The van der Waals surface area contributed by atoms with Gasteiger partial charge in [0.05, 0.1) is 11.3 Å². The summed E-state index contributed by atoms with van der Waals surface area (Å²) in [6.45, 7) is 0. The van der Waals surface area contributed by atoms with E-state index in [4.69, 9.17) is 22.5 Å². The number of nitriles is 1. The molecule has 8 heteroatoms. The molecule has 1 aromatic carbocycles. The molecule has 0 aliphatic carbocycles. The van der Waals surface area contributed by atoms with E-state index in [1.165, 1.54) is 18.2 Å². The van der Waals surface area contributed by atoms with Crippen molar-refractivity contribution in [1.29, 1.82) is 5.26 Å².